The topological polar surface area (TPSA) is 53.1 Å². The van der Waals surface area contributed by atoms with Crippen molar-refractivity contribution in [1.82, 2.24) is 4.98 Å². The lowest BCUT2D eigenvalue weighted by Crippen LogP contribution is -2.15. The second-order valence-corrected chi connectivity index (χ2v) is 4.50. The van der Waals surface area contributed by atoms with Crippen molar-refractivity contribution in [3.05, 3.63) is 34.7 Å². The molecule has 0 radical (unpaired) electrons. The normalized spacial score (nSPS) is 10.1. The SMILES string of the molecule is Cc1ccc(CN(C)c2ncc(C#N)s2)o1. The average Bonchev–Trinajstić information content (AvgIpc) is 2.87. The Hall–Kier alpha value is -1.80. The lowest BCUT2D eigenvalue weighted by Gasteiger charge is -2.13. The summed E-state index contributed by atoms with van der Waals surface area (Å²) in [5.41, 5.74) is 0. The van der Waals surface area contributed by atoms with Crippen LogP contribution in [0.5, 0.6) is 0 Å². The van der Waals surface area contributed by atoms with Crippen LogP contribution in [-0.2, 0) is 6.54 Å². The van der Waals surface area contributed by atoms with Gasteiger partial charge in [0, 0.05) is 7.05 Å². The maximum Gasteiger partial charge on any atom is 0.186 e. The molecule has 5 heteroatoms. The molecule has 2 aromatic heterocycles. The molecule has 0 aliphatic carbocycles. The van der Waals surface area contributed by atoms with Gasteiger partial charge in [-0.05, 0) is 19.1 Å². The average molecular weight is 233 g/mol. The van der Waals surface area contributed by atoms with E-state index in [0.29, 0.717) is 11.4 Å². The Bertz CT molecular complexity index is 523. The smallest absolute Gasteiger partial charge is 0.186 e. The second-order valence-electron chi connectivity index (χ2n) is 3.49. The molecule has 0 aliphatic heterocycles. The minimum absolute atomic E-state index is 0.623. The van der Waals surface area contributed by atoms with Crippen LogP contribution in [0.25, 0.3) is 0 Å². The highest BCUT2D eigenvalue weighted by Crippen LogP contribution is 2.22. The fourth-order valence-electron chi connectivity index (χ4n) is 1.36. The fraction of sp³-hybridized carbons (Fsp3) is 0.273. The van der Waals surface area contributed by atoms with E-state index in [4.69, 9.17) is 9.68 Å². The first-order chi connectivity index (χ1) is 7.69. The summed E-state index contributed by atoms with van der Waals surface area (Å²) in [6.45, 7) is 2.58. The molecule has 4 nitrogen and oxygen atoms in total. The third kappa shape index (κ3) is 2.23. The number of rotatable bonds is 3. The molecular weight excluding hydrogens is 222 g/mol. The van der Waals surface area contributed by atoms with E-state index in [-0.39, 0.29) is 0 Å². The van der Waals surface area contributed by atoms with E-state index < -0.39 is 0 Å². The zero-order chi connectivity index (χ0) is 11.5. The Morgan fingerprint density at radius 3 is 2.94 bits per heavy atom. The number of hydrogen-bond acceptors (Lipinski definition) is 5. The van der Waals surface area contributed by atoms with Crippen LogP contribution in [0, 0.1) is 18.3 Å². The fourth-order valence-corrected chi connectivity index (χ4v) is 2.04. The molecule has 2 heterocycles. The standard InChI is InChI=1S/C11H11N3OS/c1-8-3-4-9(15-8)7-14(2)11-13-6-10(5-12)16-11/h3-4,6H,7H2,1-2H3. The number of anilines is 1. The largest absolute Gasteiger partial charge is 0.464 e. The minimum atomic E-state index is 0.623. The van der Waals surface area contributed by atoms with Crippen LogP contribution in [0.2, 0.25) is 0 Å². The summed E-state index contributed by atoms with van der Waals surface area (Å²) in [4.78, 5) is 6.75. The Morgan fingerprint density at radius 1 is 1.56 bits per heavy atom. The van der Waals surface area contributed by atoms with Gasteiger partial charge in [0.05, 0.1) is 12.7 Å². The number of thiazole rings is 1. The van der Waals surface area contributed by atoms with E-state index in [1.54, 1.807) is 6.20 Å². The summed E-state index contributed by atoms with van der Waals surface area (Å²) in [5.74, 6) is 1.80. The van der Waals surface area contributed by atoms with Crippen LogP contribution in [0.4, 0.5) is 5.13 Å². The lowest BCUT2D eigenvalue weighted by atomic mass is 10.4. The molecule has 0 fully saturated rings. The van der Waals surface area contributed by atoms with Gasteiger partial charge >= 0.3 is 0 Å². The molecule has 82 valence electrons. The first kappa shape index (κ1) is 10.7. The summed E-state index contributed by atoms with van der Waals surface area (Å²) in [6, 6.07) is 5.96. The van der Waals surface area contributed by atoms with Crippen LogP contribution in [-0.4, -0.2) is 12.0 Å². The van der Waals surface area contributed by atoms with Gasteiger partial charge in [0.2, 0.25) is 0 Å². The predicted molar refractivity (Wildman–Crippen MR) is 62.4 cm³/mol. The Balaban J connectivity index is 2.08. The van der Waals surface area contributed by atoms with Gasteiger partial charge in [-0.3, -0.25) is 0 Å². The molecule has 0 amide bonds. The van der Waals surface area contributed by atoms with Gasteiger partial charge in [-0.15, -0.1) is 0 Å². The molecule has 0 atom stereocenters. The van der Waals surface area contributed by atoms with Crippen molar-refractivity contribution in [3.8, 4) is 6.07 Å². The summed E-state index contributed by atoms with van der Waals surface area (Å²) in [7, 11) is 1.93. The van der Waals surface area contributed by atoms with Gasteiger partial charge < -0.3 is 9.32 Å². The van der Waals surface area contributed by atoms with E-state index in [1.165, 1.54) is 11.3 Å². The van der Waals surface area contributed by atoms with Gasteiger partial charge in [0.1, 0.15) is 22.5 Å². The number of hydrogen-bond donors (Lipinski definition) is 0. The van der Waals surface area contributed by atoms with Crippen molar-refractivity contribution >= 4 is 16.5 Å². The van der Waals surface area contributed by atoms with Gasteiger partial charge in [0.15, 0.2) is 5.13 Å². The summed E-state index contributed by atoms with van der Waals surface area (Å²) in [5, 5.41) is 9.53. The highest BCUT2D eigenvalue weighted by molar-refractivity contribution is 7.16. The zero-order valence-electron chi connectivity index (χ0n) is 9.10. The van der Waals surface area contributed by atoms with Gasteiger partial charge in [-0.1, -0.05) is 11.3 Å². The molecule has 0 saturated carbocycles. The number of furan rings is 1. The highest BCUT2D eigenvalue weighted by Gasteiger charge is 2.09. The Labute approximate surface area is 97.8 Å². The molecule has 0 spiro atoms. The third-order valence-corrected chi connectivity index (χ3v) is 3.14. The number of nitrogens with zero attached hydrogens (tertiary/aromatic N) is 3. The van der Waals surface area contributed by atoms with Gasteiger partial charge in [-0.25, -0.2) is 4.98 Å². The molecule has 0 aliphatic rings. The monoisotopic (exact) mass is 233 g/mol. The maximum absolute atomic E-state index is 8.71. The number of aromatic nitrogens is 1. The second kappa shape index (κ2) is 4.37. The van der Waals surface area contributed by atoms with E-state index in [2.05, 4.69) is 11.1 Å². The van der Waals surface area contributed by atoms with Crippen LogP contribution >= 0.6 is 11.3 Å². The van der Waals surface area contributed by atoms with E-state index in [9.17, 15) is 0 Å². The van der Waals surface area contributed by atoms with Crippen molar-refractivity contribution in [2.75, 3.05) is 11.9 Å². The number of nitriles is 1. The van der Waals surface area contributed by atoms with E-state index in [1.807, 2.05) is 31.0 Å². The first-order valence-corrected chi connectivity index (χ1v) is 5.63. The molecule has 0 aromatic carbocycles. The predicted octanol–water partition coefficient (Wildman–Crippen LogP) is 2.55. The van der Waals surface area contributed by atoms with Crippen LogP contribution in [0.1, 0.15) is 16.4 Å². The Kier molecular flexibility index (Phi) is 2.93. The maximum atomic E-state index is 8.71. The summed E-state index contributed by atoms with van der Waals surface area (Å²) in [6.07, 6.45) is 1.59. The summed E-state index contributed by atoms with van der Waals surface area (Å²) >= 11 is 1.38. The quantitative estimate of drug-likeness (QED) is 0.817. The molecule has 0 bridgehead atoms. The van der Waals surface area contributed by atoms with E-state index in [0.717, 1.165) is 16.7 Å². The minimum Gasteiger partial charge on any atom is -0.464 e. The molecule has 0 saturated heterocycles. The molecule has 2 aromatic rings. The lowest BCUT2D eigenvalue weighted by molar-refractivity contribution is 0.481. The van der Waals surface area contributed by atoms with Crippen molar-refractivity contribution in [3.63, 3.8) is 0 Å². The third-order valence-electron chi connectivity index (χ3n) is 2.12. The molecule has 0 N–H and O–H groups in total. The summed E-state index contributed by atoms with van der Waals surface area (Å²) < 4.78 is 5.48. The molecule has 0 unspecified atom stereocenters. The van der Waals surface area contributed by atoms with Crippen molar-refractivity contribution in [2.45, 2.75) is 13.5 Å². The van der Waals surface area contributed by atoms with E-state index >= 15 is 0 Å². The van der Waals surface area contributed by atoms with Crippen molar-refractivity contribution < 1.29 is 4.42 Å². The molecular formula is C11H11N3OS. The number of aryl methyl sites for hydroxylation is 1. The van der Waals surface area contributed by atoms with Crippen LogP contribution in [0.15, 0.2) is 22.7 Å². The van der Waals surface area contributed by atoms with Gasteiger partial charge in [-0.2, -0.15) is 5.26 Å². The molecule has 2 rings (SSSR count). The Morgan fingerprint density at radius 2 is 2.38 bits per heavy atom. The van der Waals surface area contributed by atoms with Gasteiger partial charge in [0.25, 0.3) is 0 Å². The highest BCUT2D eigenvalue weighted by atomic mass is 32.1. The van der Waals surface area contributed by atoms with Crippen LogP contribution in [0.3, 0.4) is 0 Å². The molecule has 16 heavy (non-hydrogen) atoms. The zero-order valence-corrected chi connectivity index (χ0v) is 9.91. The van der Waals surface area contributed by atoms with Crippen molar-refractivity contribution in [1.29, 1.82) is 5.26 Å². The van der Waals surface area contributed by atoms with Crippen LogP contribution < -0.4 is 4.90 Å². The van der Waals surface area contributed by atoms with Crippen molar-refractivity contribution in [2.24, 2.45) is 0 Å². The first-order valence-electron chi connectivity index (χ1n) is 4.81.